The van der Waals surface area contributed by atoms with Gasteiger partial charge < -0.3 is 4.74 Å². The van der Waals surface area contributed by atoms with Crippen molar-refractivity contribution < 1.29 is 9.53 Å². The van der Waals surface area contributed by atoms with Gasteiger partial charge in [0.2, 0.25) is 0 Å². The van der Waals surface area contributed by atoms with E-state index in [1.54, 1.807) is 20.8 Å². The van der Waals surface area contributed by atoms with Crippen LogP contribution in [0.5, 0.6) is 0 Å². The lowest BCUT2D eigenvalue weighted by Crippen LogP contribution is -2.31. The average molecular weight is 274 g/mol. The van der Waals surface area contributed by atoms with Crippen LogP contribution < -0.4 is 3.93 Å². The minimum atomic E-state index is -0.536. The Morgan fingerprint density at radius 1 is 1.47 bits per heavy atom. The first-order valence-corrected chi connectivity index (χ1v) is 5.06. The summed E-state index contributed by atoms with van der Waals surface area (Å²) < 4.78 is 6.26. The first-order chi connectivity index (χ1) is 6.90. The minimum Gasteiger partial charge on any atom is -0.443 e. The topological polar surface area (TPSA) is 55.3 Å². The molecule has 1 heterocycles. The fourth-order valence-corrected chi connectivity index (χ4v) is 1.04. The highest BCUT2D eigenvalue weighted by molar-refractivity contribution is 9.10. The number of hydrogen-bond donors (Lipinski definition) is 0. The fraction of sp³-hybridized carbons (Fsp3) is 0.444. The van der Waals surface area contributed by atoms with Gasteiger partial charge in [0.25, 0.3) is 0 Å². The van der Waals surface area contributed by atoms with Crippen LogP contribution in [0.1, 0.15) is 20.8 Å². The maximum atomic E-state index is 11.5. The number of carbonyl (C=O) groups is 1. The third-order valence-corrected chi connectivity index (χ3v) is 1.96. The van der Waals surface area contributed by atoms with E-state index in [1.165, 1.54) is 18.6 Å². The van der Waals surface area contributed by atoms with Crippen LogP contribution in [0.2, 0.25) is 0 Å². The molecule has 1 aromatic heterocycles. The number of anilines is 1. The standard InChI is InChI=1S/C9H12BrN3O2/c1-9(2,3)15-8(14)13(10)7-6-11-4-5-12-7/h4-6H,1-3H3. The molecule has 0 radical (unpaired) electrons. The predicted molar refractivity (Wildman–Crippen MR) is 59.7 cm³/mol. The molecule has 15 heavy (non-hydrogen) atoms. The van der Waals surface area contributed by atoms with Gasteiger partial charge in [-0.1, -0.05) is 0 Å². The summed E-state index contributed by atoms with van der Waals surface area (Å²) in [5.74, 6) is 0.381. The Labute approximate surface area is 96.8 Å². The molecule has 82 valence electrons. The predicted octanol–water partition coefficient (Wildman–Crippen LogP) is 2.53. The van der Waals surface area contributed by atoms with E-state index in [9.17, 15) is 4.79 Å². The van der Waals surface area contributed by atoms with Gasteiger partial charge in [0.15, 0.2) is 5.82 Å². The Morgan fingerprint density at radius 3 is 2.60 bits per heavy atom. The van der Waals surface area contributed by atoms with Gasteiger partial charge in [0.05, 0.1) is 22.3 Å². The summed E-state index contributed by atoms with van der Waals surface area (Å²) in [7, 11) is 0. The van der Waals surface area contributed by atoms with Gasteiger partial charge in [0.1, 0.15) is 5.60 Å². The van der Waals surface area contributed by atoms with Crippen molar-refractivity contribution >= 4 is 28.1 Å². The van der Waals surface area contributed by atoms with Crippen LogP contribution in [0.25, 0.3) is 0 Å². The number of nitrogens with zero attached hydrogens (tertiary/aromatic N) is 3. The third-order valence-electron chi connectivity index (χ3n) is 1.30. The van der Waals surface area contributed by atoms with Gasteiger partial charge in [-0.05, 0) is 20.8 Å². The van der Waals surface area contributed by atoms with Crippen molar-refractivity contribution in [3.8, 4) is 0 Å². The van der Waals surface area contributed by atoms with Gasteiger partial charge in [-0.3, -0.25) is 4.98 Å². The lowest BCUT2D eigenvalue weighted by molar-refractivity contribution is 0.0613. The molecule has 0 aliphatic carbocycles. The molecule has 1 rings (SSSR count). The lowest BCUT2D eigenvalue weighted by Gasteiger charge is -2.22. The SMILES string of the molecule is CC(C)(C)OC(=O)N(Br)c1cnccn1. The van der Waals surface area contributed by atoms with Gasteiger partial charge in [0, 0.05) is 12.4 Å². The summed E-state index contributed by atoms with van der Waals surface area (Å²) in [4.78, 5) is 19.3. The van der Waals surface area contributed by atoms with Crippen LogP contribution in [0.4, 0.5) is 10.6 Å². The molecule has 0 atom stereocenters. The normalized spacial score (nSPS) is 10.9. The molecule has 0 unspecified atom stereocenters. The summed E-state index contributed by atoms with van der Waals surface area (Å²) in [5.41, 5.74) is -0.536. The van der Waals surface area contributed by atoms with Gasteiger partial charge in [-0.15, -0.1) is 0 Å². The van der Waals surface area contributed by atoms with Crippen LogP contribution >= 0.6 is 16.1 Å². The fourth-order valence-electron chi connectivity index (χ4n) is 0.788. The van der Waals surface area contributed by atoms with Crippen molar-refractivity contribution in [2.24, 2.45) is 0 Å². The molecule has 0 fully saturated rings. The zero-order valence-corrected chi connectivity index (χ0v) is 10.4. The second-order valence-electron chi connectivity index (χ2n) is 3.82. The molecule has 1 amide bonds. The highest BCUT2D eigenvalue weighted by Crippen LogP contribution is 2.17. The smallest absolute Gasteiger partial charge is 0.426 e. The van der Waals surface area contributed by atoms with Gasteiger partial charge in [-0.25, -0.2) is 9.78 Å². The summed E-state index contributed by atoms with van der Waals surface area (Å²) in [6.45, 7) is 5.38. The molecule has 6 heteroatoms. The van der Waals surface area contributed by atoms with Gasteiger partial charge >= 0.3 is 6.09 Å². The van der Waals surface area contributed by atoms with E-state index >= 15 is 0 Å². The second-order valence-corrected chi connectivity index (χ2v) is 4.53. The Morgan fingerprint density at radius 2 is 2.13 bits per heavy atom. The number of rotatable bonds is 1. The molecular weight excluding hydrogens is 262 g/mol. The third kappa shape index (κ3) is 3.83. The largest absolute Gasteiger partial charge is 0.443 e. The number of aromatic nitrogens is 2. The summed E-state index contributed by atoms with van der Waals surface area (Å²) in [6, 6.07) is 0. The number of carbonyl (C=O) groups excluding carboxylic acids is 1. The molecular formula is C9H12BrN3O2. The van der Waals surface area contributed by atoms with Gasteiger partial charge in [-0.2, -0.15) is 3.93 Å². The van der Waals surface area contributed by atoms with E-state index in [1.807, 2.05) is 0 Å². The second kappa shape index (κ2) is 4.57. The van der Waals surface area contributed by atoms with Crippen LogP contribution in [0.15, 0.2) is 18.6 Å². The van der Waals surface area contributed by atoms with Crippen molar-refractivity contribution in [1.82, 2.24) is 9.97 Å². The lowest BCUT2D eigenvalue weighted by atomic mass is 10.2. The molecule has 0 bridgehead atoms. The number of ether oxygens (including phenoxy) is 1. The first-order valence-electron chi connectivity index (χ1n) is 4.35. The van der Waals surface area contributed by atoms with E-state index in [2.05, 4.69) is 26.1 Å². The molecule has 1 aromatic rings. The van der Waals surface area contributed by atoms with E-state index in [-0.39, 0.29) is 0 Å². The van der Waals surface area contributed by atoms with Crippen molar-refractivity contribution in [3.05, 3.63) is 18.6 Å². The van der Waals surface area contributed by atoms with Crippen molar-refractivity contribution in [2.45, 2.75) is 26.4 Å². The van der Waals surface area contributed by atoms with Crippen LogP contribution in [0.3, 0.4) is 0 Å². The molecule has 0 aromatic carbocycles. The Hall–Kier alpha value is -1.17. The Bertz CT molecular complexity index is 337. The van der Waals surface area contributed by atoms with E-state index in [0.29, 0.717) is 5.82 Å². The zero-order valence-electron chi connectivity index (χ0n) is 8.77. The maximum absolute atomic E-state index is 11.5. The quantitative estimate of drug-likeness (QED) is 0.738. The van der Waals surface area contributed by atoms with Crippen molar-refractivity contribution in [3.63, 3.8) is 0 Å². The molecule has 0 N–H and O–H groups in total. The van der Waals surface area contributed by atoms with Crippen molar-refractivity contribution in [2.75, 3.05) is 3.93 Å². The molecule has 0 spiro atoms. The first kappa shape index (κ1) is 11.9. The number of hydrogen-bond acceptors (Lipinski definition) is 4. The van der Waals surface area contributed by atoms with Crippen LogP contribution in [0, 0.1) is 0 Å². The highest BCUT2D eigenvalue weighted by Gasteiger charge is 2.22. The monoisotopic (exact) mass is 273 g/mol. The Kier molecular flexibility index (Phi) is 3.62. The molecule has 0 saturated heterocycles. The number of amides is 1. The molecule has 0 saturated carbocycles. The van der Waals surface area contributed by atoms with E-state index < -0.39 is 11.7 Å². The Balaban J connectivity index is 2.70. The summed E-state index contributed by atoms with van der Waals surface area (Å²) >= 11 is 3.06. The zero-order chi connectivity index (χ0) is 11.5. The molecule has 0 aliphatic rings. The molecule has 5 nitrogen and oxygen atoms in total. The molecule has 0 aliphatic heterocycles. The summed E-state index contributed by atoms with van der Waals surface area (Å²) in [6.07, 6.45) is 3.95. The van der Waals surface area contributed by atoms with Crippen molar-refractivity contribution in [1.29, 1.82) is 0 Å². The number of halogens is 1. The maximum Gasteiger partial charge on any atom is 0.426 e. The average Bonchev–Trinajstić information content (AvgIpc) is 2.15. The minimum absolute atomic E-state index is 0.381. The van der Waals surface area contributed by atoms with Crippen LogP contribution in [-0.2, 0) is 4.74 Å². The van der Waals surface area contributed by atoms with E-state index in [0.717, 1.165) is 3.93 Å². The van der Waals surface area contributed by atoms with E-state index in [4.69, 9.17) is 4.74 Å². The highest BCUT2D eigenvalue weighted by atomic mass is 79.9. The summed E-state index contributed by atoms with van der Waals surface area (Å²) in [5, 5.41) is 0. The van der Waals surface area contributed by atoms with Crippen LogP contribution in [-0.4, -0.2) is 21.7 Å².